The van der Waals surface area contributed by atoms with E-state index in [-0.39, 0.29) is 6.01 Å². The molecule has 0 bridgehead atoms. The number of amides is 2. The molecular formula is C6H3N3O3. The molecule has 1 aliphatic rings. The Kier molecular flexibility index (Phi) is 1.26. The Balaban J connectivity index is 2.37. The standard InChI is InChI=1S/C6H3N3O3/c10-4-1-2-5(11)9(4)6-8-7-3-12-6/h1-3H. The smallest absolute Gasteiger partial charge is 0.332 e. The quantitative estimate of drug-likeness (QED) is 0.524. The Bertz CT molecular complexity index is 336. The zero-order valence-corrected chi connectivity index (χ0v) is 5.80. The number of hydrogen-bond donors (Lipinski definition) is 0. The molecule has 0 N–H and O–H groups in total. The molecule has 0 spiro atoms. The van der Waals surface area contributed by atoms with Crippen LogP contribution in [0.4, 0.5) is 6.01 Å². The predicted molar refractivity (Wildman–Crippen MR) is 35.9 cm³/mol. The van der Waals surface area contributed by atoms with Gasteiger partial charge in [0.25, 0.3) is 11.8 Å². The van der Waals surface area contributed by atoms with Crippen molar-refractivity contribution < 1.29 is 14.0 Å². The molecule has 0 atom stereocenters. The van der Waals surface area contributed by atoms with Crippen LogP contribution in [0.2, 0.25) is 0 Å². The minimum Gasteiger partial charge on any atom is -0.410 e. The fraction of sp³-hybridized carbons (Fsp3) is 0. The maximum Gasteiger partial charge on any atom is 0.332 e. The summed E-state index contributed by atoms with van der Waals surface area (Å²) in [6.07, 6.45) is 3.34. The van der Waals surface area contributed by atoms with Crippen LogP contribution in [0.5, 0.6) is 0 Å². The van der Waals surface area contributed by atoms with E-state index in [9.17, 15) is 9.59 Å². The molecule has 0 saturated heterocycles. The van der Waals surface area contributed by atoms with E-state index in [1.807, 2.05) is 0 Å². The van der Waals surface area contributed by atoms with Gasteiger partial charge in [0.1, 0.15) is 0 Å². The normalized spacial score (nSPS) is 16.2. The lowest BCUT2D eigenvalue weighted by atomic mass is 10.6. The summed E-state index contributed by atoms with van der Waals surface area (Å²) in [5, 5.41) is 6.77. The first-order chi connectivity index (χ1) is 5.79. The number of rotatable bonds is 1. The van der Waals surface area contributed by atoms with Crippen LogP contribution in [0.1, 0.15) is 0 Å². The lowest BCUT2D eigenvalue weighted by Gasteiger charge is -2.05. The van der Waals surface area contributed by atoms with E-state index in [2.05, 4.69) is 14.6 Å². The molecule has 0 unspecified atom stereocenters. The van der Waals surface area contributed by atoms with Crippen LogP contribution in [-0.2, 0) is 9.59 Å². The third-order valence-electron chi connectivity index (χ3n) is 1.35. The van der Waals surface area contributed by atoms with Gasteiger partial charge in [-0.3, -0.25) is 9.59 Å². The highest BCUT2D eigenvalue weighted by molar-refractivity contribution is 6.27. The Labute approximate surface area is 66.5 Å². The van der Waals surface area contributed by atoms with Crippen molar-refractivity contribution in [1.82, 2.24) is 10.2 Å². The molecule has 0 fully saturated rings. The predicted octanol–water partition coefficient (Wildman–Crippen LogP) is -0.501. The van der Waals surface area contributed by atoms with E-state index >= 15 is 0 Å². The number of nitrogens with zero attached hydrogens (tertiary/aromatic N) is 3. The van der Waals surface area contributed by atoms with Crippen molar-refractivity contribution in [3.05, 3.63) is 18.5 Å². The van der Waals surface area contributed by atoms with E-state index in [0.29, 0.717) is 0 Å². The second-order valence-electron chi connectivity index (χ2n) is 2.07. The fourth-order valence-electron chi connectivity index (χ4n) is 0.853. The molecule has 2 amide bonds. The number of carbonyl (C=O) groups is 2. The highest BCUT2D eigenvalue weighted by Crippen LogP contribution is 2.13. The second-order valence-corrected chi connectivity index (χ2v) is 2.07. The van der Waals surface area contributed by atoms with Gasteiger partial charge in [0, 0.05) is 12.2 Å². The van der Waals surface area contributed by atoms with Gasteiger partial charge in [0.05, 0.1) is 0 Å². The monoisotopic (exact) mass is 165 g/mol. The van der Waals surface area contributed by atoms with Gasteiger partial charge in [-0.15, -0.1) is 5.10 Å². The fourth-order valence-corrected chi connectivity index (χ4v) is 0.853. The maximum absolute atomic E-state index is 11.0. The molecule has 1 aliphatic heterocycles. The first kappa shape index (κ1) is 6.71. The van der Waals surface area contributed by atoms with E-state index in [1.54, 1.807) is 0 Å². The number of hydrogen-bond acceptors (Lipinski definition) is 5. The van der Waals surface area contributed by atoms with Crippen LogP contribution in [0.3, 0.4) is 0 Å². The molecule has 2 heterocycles. The summed E-state index contributed by atoms with van der Waals surface area (Å²) in [5.74, 6) is -0.937. The first-order valence-corrected chi connectivity index (χ1v) is 3.11. The van der Waals surface area contributed by atoms with E-state index in [4.69, 9.17) is 0 Å². The average molecular weight is 165 g/mol. The zero-order chi connectivity index (χ0) is 8.55. The minimum absolute atomic E-state index is 0.102. The van der Waals surface area contributed by atoms with Gasteiger partial charge in [0.15, 0.2) is 0 Å². The number of aromatic nitrogens is 2. The van der Waals surface area contributed by atoms with Crippen molar-refractivity contribution in [3.8, 4) is 0 Å². The molecule has 1 aromatic heterocycles. The second kappa shape index (κ2) is 2.26. The first-order valence-electron chi connectivity index (χ1n) is 3.11. The average Bonchev–Trinajstić information content (AvgIpc) is 2.61. The lowest BCUT2D eigenvalue weighted by molar-refractivity contribution is -0.120. The van der Waals surface area contributed by atoms with Gasteiger partial charge in [-0.05, 0) is 0 Å². The van der Waals surface area contributed by atoms with E-state index < -0.39 is 11.8 Å². The zero-order valence-electron chi connectivity index (χ0n) is 5.80. The number of imide groups is 1. The topological polar surface area (TPSA) is 76.3 Å². The van der Waals surface area contributed by atoms with Gasteiger partial charge >= 0.3 is 6.01 Å². The van der Waals surface area contributed by atoms with Crippen molar-refractivity contribution in [2.24, 2.45) is 0 Å². The van der Waals surface area contributed by atoms with Crippen LogP contribution in [0.25, 0.3) is 0 Å². The van der Waals surface area contributed by atoms with E-state index in [0.717, 1.165) is 23.4 Å². The van der Waals surface area contributed by atoms with Gasteiger partial charge in [-0.25, -0.2) is 0 Å². The number of anilines is 1. The summed E-state index contributed by atoms with van der Waals surface area (Å²) in [6, 6.07) is -0.102. The molecule has 2 rings (SSSR count). The molecule has 60 valence electrons. The van der Waals surface area contributed by atoms with Gasteiger partial charge in [-0.2, -0.15) is 4.90 Å². The maximum atomic E-state index is 11.0. The molecule has 12 heavy (non-hydrogen) atoms. The summed E-state index contributed by atoms with van der Waals surface area (Å²) in [5.41, 5.74) is 0. The number of carbonyl (C=O) groups excluding carboxylic acids is 2. The minimum atomic E-state index is -0.468. The summed E-state index contributed by atoms with van der Waals surface area (Å²) in [4.78, 5) is 22.7. The summed E-state index contributed by atoms with van der Waals surface area (Å²) in [7, 11) is 0. The highest BCUT2D eigenvalue weighted by Gasteiger charge is 2.28. The van der Waals surface area contributed by atoms with Gasteiger partial charge < -0.3 is 4.42 Å². The van der Waals surface area contributed by atoms with Crippen LogP contribution >= 0.6 is 0 Å². The Morgan fingerprint density at radius 2 is 1.92 bits per heavy atom. The Morgan fingerprint density at radius 3 is 2.42 bits per heavy atom. The summed E-state index contributed by atoms with van der Waals surface area (Å²) < 4.78 is 4.68. The molecule has 1 aromatic rings. The lowest BCUT2D eigenvalue weighted by Crippen LogP contribution is -2.29. The van der Waals surface area contributed by atoms with Crippen molar-refractivity contribution in [2.75, 3.05) is 4.90 Å². The Morgan fingerprint density at radius 1 is 1.25 bits per heavy atom. The largest absolute Gasteiger partial charge is 0.410 e. The molecule has 0 saturated carbocycles. The van der Waals surface area contributed by atoms with Crippen LogP contribution in [0.15, 0.2) is 23.0 Å². The summed E-state index contributed by atoms with van der Waals surface area (Å²) in [6.45, 7) is 0. The third kappa shape index (κ3) is 0.815. The van der Waals surface area contributed by atoms with E-state index in [1.165, 1.54) is 0 Å². The molecular weight excluding hydrogens is 162 g/mol. The molecule has 0 aliphatic carbocycles. The SMILES string of the molecule is O=C1C=CC(=O)N1c1nnco1. The molecule has 0 radical (unpaired) electrons. The van der Waals surface area contributed by atoms with Gasteiger partial charge in [-0.1, -0.05) is 5.10 Å². The van der Waals surface area contributed by atoms with Gasteiger partial charge in [0.2, 0.25) is 6.39 Å². The van der Waals surface area contributed by atoms with Crippen LogP contribution in [0, 0.1) is 0 Å². The Hall–Kier alpha value is -1.98. The van der Waals surface area contributed by atoms with Crippen molar-refractivity contribution in [3.63, 3.8) is 0 Å². The molecule has 0 aromatic carbocycles. The molecule has 6 heteroatoms. The molecule has 6 nitrogen and oxygen atoms in total. The van der Waals surface area contributed by atoms with Crippen molar-refractivity contribution in [1.29, 1.82) is 0 Å². The van der Waals surface area contributed by atoms with Crippen molar-refractivity contribution in [2.45, 2.75) is 0 Å². The van der Waals surface area contributed by atoms with Crippen LogP contribution < -0.4 is 4.90 Å². The summed E-state index contributed by atoms with van der Waals surface area (Å²) >= 11 is 0. The highest BCUT2D eigenvalue weighted by atomic mass is 16.4. The van der Waals surface area contributed by atoms with Crippen LogP contribution in [-0.4, -0.2) is 22.0 Å². The third-order valence-corrected chi connectivity index (χ3v) is 1.35. The van der Waals surface area contributed by atoms with Crippen molar-refractivity contribution >= 4 is 17.8 Å².